The molecule has 0 saturated carbocycles. The van der Waals surface area contributed by atoms with Gasteiger partial charge in [0.1, 0.15) is 11.8 Å². The van der Waals surface area contributed by atoms with E-state index in [4.69, 9.17) is 15.2 Å². The average molecular weight is 528 g/mol. The molecule has 3 atom stereocenters. The van der Waals surface area contributed by atoms with Crippen LogP contribution in [0, 0.1) is 0 Å². The first-order valence-electron chi connectivity index (χ1n) is 12.2. The van der Waals surface area contributed by atoms with Gasteiger partial charge in [0.15, 0.2) is 6.10 Å². The Bertz CT molecular complexity index is 1100. The highest BCUT2D eigenvalue weighted by molar-refractivity contribution is 8.00. The van der Waals surface area contributed by atoms with Crippen LogP contribution in [0.1, 0.15) is 50.5 Å². The van der Waals surface area contributed by atoms with E-state index in [2.05, 4.69) is 5.32 Å². The molecule has 1 heterocycles. The highest BCUT2D eigenvalue weighted by Crippen LogP contribution is 2.40. The second-order valence-corrected chi connectivity index (χ2v) is 12.3. The van der Waals surface area contributed by atoms with Gasteiger partial charge in [0.05, 0.1) is 24.6 Å². The Morgan fingerprint density at radius 1 is 1.11 bits per heavy atom. The molecule has 1 saturated heterocycles. The van der Waals surface area contributed by atoms with Crippen molar-refractivity contribution in [2.45, 2.75) is 69.5 Å². The third-order valence-electron chi connectivity index (χ3n) is 6.08. The highest BCUT2D eigenvalue weighted by Gasteiger charge is 2.50. The van der Waals surface area contributed by atoms with Crippen LogP contribution in [0.25, 0.3) is 0 Å². The molecule has 1 fully saturated rings. The second-order valence-electron chi connectivity index (χ2n) is 10.7. The largest absolute Gasteiger partial charge is 0.497 e. The first-order valence-corrected chi connectivity index (χ1v) is 13.2. The molecule has 2 amide bonds. The van der Waals surface area contributed by atoms with Crippen molar-refractivity contribution < 1.29 is 23.9 Å². The molecular weight excluding hydrogens is 490 g/mol. The van der Waals surface area contributed by atoms with Gasteiger partial charge >= 0.3 is 5.97 Å². The number of methoxy groups -OCH3 is 1. The molecule has 3 rings (SSSR count). The smallest absolute Gasteiger partial charge is 0.338 e. The zero-order valence-corrected chi connectivity index (χ0v) is 23.1. The maximum Gasteiger partial charge on any atom is 0.338 e. The van der Waals surface area contributed by atoms with Gasteiger partial charge in [-0.3, -0.25) is 9.59 Å². The molecule has 0 unspecified atom stereocenters. The van der Waals surface area contributed by atoms with E-state index in [-0.39, 0.29) is 17.3 Å². The number of thioether (sulfide) groups is 1. The molecule has 0 aliphatic carbocycles. The normalized spacial score (nSPS) is 18.6. The van der Waals surface area contributed by atoms with Gasteiger partial charge in [0, 0.05) is 10.3 Å². The fourth-order valence-corrected chi connectivity index (χ4v) is 5.38. The number of hydrogen-bond acceptors (Lipinski definition) is 7. The molecule has 1 aliphatic rings. The van der Waals surface area contributed by atoms with Crippen molar-refractivity contribution in [2.24, 2.45) is 5.73 Å². The summed E-state index contributed by atoms with van der Waals surface area (Å²) in [5.41, 5.74) is 7.23. The quantitative estimate of drug-likeness (QED) is 0.506. The van der Waals surface area contributed by atoms with Crippen LogP contribution in [0.4, 0.5) is 0 Å². The Morgan fingerprint density at radius 3 is 2.30 bits per heavy atom. The van der Waals surface area contributed by atoms with Crippen molar-refractivity contribution in [1.82, 2.24) is 10.2 Å². The summed E-state index contributed by atoms with van der Waals surface area (Å²) in [7, 11) is 1.53. The minimum Gasteiger partial charge on any atom is -0.497 e. The molecule has 2 aromatic carbocycles. The van der Waals surface area contributed by atoms with Crippen LogP contribution >= 0.6 is 11.8 Å². The summed E-state index contributed by atoms with van der Waals surface area (Å²) in [6.07, 6.45) is -0.967. The number of nitrogens with one attached hydrogen (secondary N) is 1. The van der Waals surface area contributed by atoms with Crippen molar-refractivity contribution in [3.8, 4) is 5.75 Å². The molecule has 9 heteroatoms. The SMILES string of the molecule is COc1ccc(C(=O)O[C@H](C(=O)N2CSC(C)(C)[C@H]2C(=O)NC(C)(C)C)[C@@H](N)Cc2ccccc2)cc1. The van der Waals surface area contributed by atoms with Crippen LogP contribution < -0.4 is 15.8 Å². The molecule has 0 aromatic heterocycles. The number of esters is 1. The molecular formula is C28H37N3O5S. The second kappa shape index (κ2) is 11.6. The fourth-order valence-electron chi connectivity index (χ4n) is 4.24. The standard InChI is InChI=1S/C28H37N3O5S/c1-27(2,3)30-24(32)23-28(4,5)37-17-31(23)25(33)22(21(29)16-18-10-8-7-9-11-18)36-26(34)19-12-14-20(35-6)15-13-19/h7-15,21-23H,16-17,29H2,1-6H3,(H,30,32)/t21-,22-,23+/m0/s1. The minimum absolute atomic E-state index is 0.257. The fraction of sp³-hybridized carbons (Fsp3) is 0.464. The monoisotopic (exact) mass is 527 g/mol. The summed E-state index contributed by atoms with van der Waals surface area (Å²) in [4.78, 5) is 41.9. The number of nitrogens with two attached hydrogens (primary N) is 1. The van der Waals surface area contributed by atoms with Crippen molar-refractivity contribution in [3.63, 3.8) is 0 Å². The van der Waals surface area contributed by atoms with Gasteiger partial charge in [0.25, 0.3) is 5.91 Å². The summed E-state index contributed by atoms with van der Waals surface area (Å²) in [6, 6.07) is 14.3. The van der Waals surface area contributed by atoms with Gasteiger partial charge < -0.3 is 25.4 Å². The van der Waals surface area contributed by atoms with Gasteiger partial charge in [-0.15, -0.1) is 11.8 Å². The van der Waals surface area contributed by atoms with Crippen molar-refractivity contribution in [2.75, 3.05) is 13.0 Å². The van der Waals surface area contributed by atoms with Crippen LogP contribution in [0.2, 0.25) is 0 Å². The Balaban J connectivity index is 1.91. The van der Waals surface area contributed by atoms with E-state index in [1.807, 2.05) is 65.0 Å². The number of hydrogen-bond donors (Lipinski definition) is 2. The summed E-state index contributed by atoms with van der Waals surface area (Å²) >= 11 is 1.50. The number of nitrogens with zero attached hydrogens (tertiary/aromatic N) is 1. The van der Waals surface area contributed by atoms with Crippen LogP contribution in [0.5, 0.6) is 5.75 Å². The number of carbonyl (C=O) groups excluding carboxylic acids is 3. The summed E-state index contributed by atoms with van der Waals surface area (Å²) < 4.78 is 10.4. The molecule has 8 nitrogen and oxygen atoms in total. The maximum absolute atomic E-state index is 14.0. The lowest BCUT2D eigenvalue weighted by atomic mass is 9.96. The number of ether oxygens (including phenoxy) is 2. The van der Waals surface area contributed by atoms with Crippen LogP contribution in [-0.2, 0) is 20.7 Å². The number of rotatable bonds is 8. The van der Waals surface area contributed by atoms with Crippen LogP contribution in [0.3, 0.4) is 0 Å². The Kier molecular flexibility index (Phi) is 8.92. The Hall–Kier alpha value is -3.04. The lowest BCUT2D eigenvalue weighted by molar-refractivity contribution is -0.147. The highest BCUT2D eigenvalue weighted by atomic mass is 32.2. The minimum atomic E-state index is -1.28. The molecule has 3 N–H and O–H groups in total. The van der Waals surface area contributed by atoms with Crippen LogP contribution in [-0.4, -0.2) is 64.1 Å². The zero-order chi connectivity index (χ0) is 27.4. The van der Waals surface area contributed by atoms with Gasteiger partial charge in [-0.05, 0) is 70.9 Å². The molecule has 2 aromatic rings. The number of amides is 2. The topological polar surface area (TPSA) is 111 Å². The van der Waals surface area contributed by atoms with E-state index in [0.717, 1.165) is 5.56 Å². The van der Waals surface area contributed by atoms with Gasteiger partial charge in [0.2, 0.25) is 5.91 Å². The third kappa shape index (κ3) is 7.26. The predicted molar refractivity (Wildman–Crippen MR) is 145 cm³/mol. The summed E-state index contributed by atoms with van der Waals surface area (Å²) in [5, 5.41) is 2.99. The van der Waals surface area contributed by atoms with Crippen molar-refractivity contribution >= 4 is 29.5 Å². The molecule has 1 aliphatic heterocycles. The first-order chi connectivity index (χ1) is 17.3. The zero-order valence-electron chi connectivity index (χ0n) is 22.3. The average Bonchev–Trinajstić information content (AvgIpc) is 3.16. The van der Waals surface area contributed by atoms with E-state index >= 15 is 0 Å². The van der Waals surface area contributed by atoms with E-state index in [1.165, 1.54) is 23.8 Å². The number of benzene rings is 2. The van der Waals surface area contributed by atoms with Gasteiger partial charge in [-0.25, -0.2) is 4.79 Å². The van der Waals surface area contributed by atoms with Gasteiger partial charge in [-0.1, -0.05) is 30.3 Å². The predicted octanol–water partition coefficient (Wildman–Crippen LogP) is 3.39. The molecule has 0 radical (unpaired) electrons. The summed E-state index contributed by atoms with van der Waals surface area (Å²) in [6.45, 7) is 9.53. The molecule has 0 spiro atoms. The van der Waals surface area contributed by atoms with Crippen molar-refractivity contribution in [1.29, 1.82) is 0 Å². The van der Waals surface area contributed by atoms with E-state index < -0.39 is 40.4 Å². The molecule has 37 heavy (non-hydrogen) atoms. The first kappa shape index (κ1) is 28.5. The van der Waals surface area contributed by atoms with E-state index in [0.29, 0.717) is 12.2 Å². The third-order valence-corrected chi connectivity index (χ3v) is 7.46. The van der Waals surface area contributed by atoms with E-state index in [9.17, 15) is 14.4 Å². The lowest BCUT2D eigenvalue weighted by Gasteiger charge is -2.35. The Labute approximate surface area is 223 Å². The molecule has 0 bridgehead atoms. The van der Waals surface area contributed by atoms with Crippen molar-refractivity contribution in [3.05, 3.63) is 65.7 Å². The maximum atomic E-state index is 14.0. The molecule has 200 valence electrons. The summed E-state index contributed by atoms with van der Waals surface area (Å²) in [5.74, 6) is -0.548. The van der Waals surface area contributed by atoms with Gasteiger partial charge in [-0.2, -0.15) is 0 Å². The van der Waals surface area contributed by atoms with E-state index in [1.54, 1.807) is 24.3 Å². The Morgan fingerprint density at radius 2 is 1.73 bits per heavy atom. The lowest BCUT2D eigenvalue weighted by Crippen LogP contribution is -2.60. The van der Waals surface area contributed by atoms with Crippen LogP contribution in [0.15, 0.2) is 54.6 Å². The number of carbonyl (C=O) groups is 3.